The highest BCUT2D eigenvalue weighted by Crippen LogP contribution is 2.21. The number of anilines is 1. The molecule has 126 valence electrons. The second kappa shape index (κ2) is 8.02. The molecule has 5 heteroatoms. The van der Waals surface area contributed by atoms with E-state index in [1.54, 1.807) is 12.1 Å². The van der Waals surface area contributed by atoms with Crippen molar-refractivity contribution in [1.29, 1.82) is 0 Å². The Balaban J connectivity index is 1.48. The average Bonchev–Trinajstić information content (AvgIpc) is 2.86. The number of rotatable bonds is 2. The van der Waals surface area contributed by atoms with E-state index in [2.05, 4.69) is 10.2 Å². The Bertz CT molecular complexity index is 504. The summed E-state index contributed by atoms with van der Waals surface area (Å²) in [5.41, 5.74) is 0.800. The SMILES string of the molecule is O=C(Nc1ccc(Cl)cc1)N1CCC(N2CCCCCC2)CC1. The van der Waals surface area contributed by atoms with Gasteiger partial charge in [0.1, 0.15) is 0 Å². The third-order valence-corrected chi connectivity index (χ3v) is 5.26. The van der Waals surface area contributed by atoms with E-state index in [0.717, 1.165) is 31.6 Å². The number of halogens is 1. The fourth-order valence-electron chi connectivity index (χ4n) is 3.63. The molecular formula is C18H26ClN3O. The molecule has 1 N–H and O–H groups in total. The maximum atomic E-state index is 12.4. The molecule has 2 fully saturated rings. The first-order valence-electron chi connectivity index (χ1n) is 8.78. The first kappa shape index (κ1) is 16.6. The molecule has 2 aliphatic rings. The monoisotopic (exact) mass is 335 g/mol. The van der Waals surface area contributed by atoms with Gasteiger partial charge in [0.15, 0.2) is 0 Å². The Kier molecular flexibility index (Phi) is 5.79. The second-order valence-corrected chi connectivity index (χ2v) is 7.04. The Morgan fingerprint density at radius 3 is 2.17 bits per heavy atom. The van der Waals surface area contributed by atoms with E-state index in [0.29, 0.717) is 11.1 Å². The van der Waals surface area contributed by atoms with Crippen molar-refractivity contribution in [2.75, 3.05) is 31.5 Å². The van der Waals surface area contributed by atoms with E-state index in [4.69, 9.17) is 11.6 Å². The minimum absolute atomic E-state index is 0.00152. The molecule has 0 bridgehead atoms. The molecule has 0 aromatic heterocycles. The quantitative estimate of drug-likeness (QED) is 0.878. The van der Waals surface area contributed by atoms with Gasteiger partial charge in [0.05, 0.1) is 0 Å². The highest BCUT2D eigenvalue weighted by molar-refractivity contribution is 6.30. The van der Waals surface area contributed by atoms with Gasteiger partial charge in [-0.15, -0.1) is 0 Å². The standard InChI is InChI=1S/C18H26ClN3O/c19-15-5-7-16(8-6-15)20-18(23)22-13-9-17(10-14-22)21-11-3-1-2-4-12-21/h5-8,17H,1-4,9-14H2,(H,20,23). The van der Waals surface area contributed by atoms with Gasteiger partial charge in [0, 0.05) is 29.8 Å². The molecule has 2 amide bonds. The molecule has 1 aromatic rings. The van der Waals surface area contributed by atoms with Crippen LogP contribution in [-0.2, 0) is 0 Å². The van der Waals surface area contributed by atoms with Crippen LogP contribution in [0.15, 0.2) is 24.3 Å². The number of likely N-dealkylation sites (tertiary alicyclic amines) is 2. The smallest absolute Gasteiger partial charge is 0.321 e. The minimum atomic E-state index is 0.00152. The molecule has 0 aliphatic carbocycles. The van der Waals surface area contributed by atoms with E-state index in [1.807, 2.05) is 17.0 Å². The molecule has 0 unspecified atom stereocenters. The number of piperidine rings is 1. The number of urea groups is 1. The number of benzene rings is 1. The van der Waals surface area contributed by atoms with Gasteiger partial charge in [0.2, 0.25) is 0 Å². The summed E-state index contributed by atoms with van der Waals surface area (Å²) in [5, 5.41) is 3.64. The van der Waals surface area contributed by atoms with E-state index in [1.165, 1.54) is 38.8 Å². The second-order valence-electron chi connectivity index (χ2n) is 6.61. The summed E-state index contributed by atoms with van der Waals surface area (Å²) in [7, 11) is 0. The Labute approximate surface area is 143 Å². The maximum Gasteiger partial charge on any atom is 0.321 e. The van der Waals surface area contributed by atoms with Crippen molar-refractivity contribution in [3.8, 4) is 0 Å². The summed E-state index contributed by atoms with van der Waals surface area (Å²) in [6.45, 7) is 4.17. The maximum absolute atomic E-state index is 12.4. The predicted octanol–water partition coefficient (Wildman–Crippen LogP) is 4.21. The summed E-state index contributed by atoms with van der Waals surface area (Å²) in [5.74, 6) is 0. The summed E-state index contributed by atoms with van der Waals surface area (Å²) < 4.78 is 0. The molecular weight excluding hydrogens is 310 g/mol. The van der Waals surface area contributed by atoms with Crippen LogP contribution in [-0.4, -0.2) is 48.1 Å². The van der Waals surface area contributed by atoms with Crippen LogP contribution in [0.2, 0.25) is 5.02 Å². The van der Waals surface area contributed by atoms with Gasteiger partial charge in [-0.05, 0) is 63.0 Å². The fraction of sp³-hybridized carbons (Fsp3) is 0.611. The molecule has 2 saturated heterocycles. The largest absolute Gasteiger partial charge is 0.324 e. The Morgan fingerprint density at radius 2 is 1.57 bits per heavy atom. The van der Waals surface area contributed by atoms with E-state index < -0.39 is 0 Å². The molecule has 2 heterocycles. The third kappa shape index (κ3) is 4.61. The molecule has 0 radical (unpaired) electrons. The van der Waals surface area contributed by atoms with Crippen LogP contribution in [0.4, 0.5) is 10.5 Å². The predicted molar refractivity (Wildman–Crippen MR) is 95.1 cm³/mol. The van der Waals surface area contributed by atoms with Gasteiger partial charge in [-0.1, -0.05) is 24.4 Å². The van der Waals surface area contributed by atoms with E-state index >= 15 is 0 Å². The van der Waals surface area contributed by atoms with Gasteiger partial charge < -0.3 is 15.1 Å². The van der Waals surface area contributed by atoms with Crippen molar-refractivity contribution >= 4 is 23.3 Å². The Hall–Kier alpha value is -1.26. The summed E-state index contributed by atoms with van der Waals surface area (Å²) in [6.07, 6.45) is 7.59. The molecule has 0 spiro atoms. The number of carbonyl (C=O) groups is 1. The molecule has 1 aromatic carbocycles. The van der Waals surface area contributed by atoms with Crippen molar-refractivity contribution in [1.82, 2.24) is 9.80 Å². The number of hydrogen-bond acceptors (Lipinski definition) is 2. The number of nitrogens with zero attached hydrogens (tertiary/aromatic N) is 2. The van der Waals surface area contributed by atoms with Gasteiger partial charge in [-0.2, -0.15) is 0 Å². The molecule has 23 heavy (non-hydrogen) atoms. The highest BCUT2D eigenvalue weighted by atomic mass is 35.5. The van der Waals surface area contributed by atoms with Crippen molar-refractivity contribution < 1.29 is 4.79 Å². The number of nitrogens with one attached hydrogen (secondary N) is 1. The molecule has 0 saturated carbocycles. The average molecular weight is 336 g/mol. The van der Waals surface area contributed by atoms with E-state index in [9.17, 15) is 4.79 Å². The number of carbonyl (C=O) groups excluding carboxylic acids is 1. The van der Waals surface area contributed by atoms with Crippen LogP contribution >= 0.6 is 11.6 Å². The Morgan fingerprint density at radius 1 is 0.957 bits per heavy atom. The lowest BCUT2D eigenvalue weighted by Crippen LogP contribution is -2.48. The number of hydrogen-bond donors (Lipinski definition) is 1. The van der Waals surface area contributed by atoms with Crippen molar-refractivity contribution in [2.24, 2.45) is 0 Å². The zero-order valence-electron chi connectivity index (χ0n) is 13.6. The first-order chi connectivity index (χ1) is 11.2. The lowest BCUT2D eigenvalue weighted by molar-refractivity contribution is 0.124. The molecule has 4 nitrogen and oxygen atoms in total. The van der Waals surface area contributed by atoms with Crippen LogP contribution in [0.1, 0.15) is 38.5 Å². The first-order valence-corrected chi connectivity index (χ1v) is 9.16. The van der Waals surface area contributed by atoms with Gasteiger partial charge in [-0.3, -0.25) is 0 Å². The van der Waals surface area contributed by atoms with Crippen LogP contribution in [0, 0.1) is 0 Å². The zero-order chi connectivity index (χ0) is 16.1. The van der Waals surface area contributed by atoms with E-state index in [-0.39, 0.29) is 6.03 Å². The van der Waals surface area contributed by atoms with Crippen molar-refractivity contribution in [3.63, 3.8) is 0 Å². The summed E-state index contributed by atoms with van der Waals surface area (Å²) in [4.78, 5) is 16.9. The van der Waals surface area contributed by atoms with Crippen molar-refractivity contribution in [3.05, 3.63) is 29.3 Å². The molecule has 2 aliphatic heterocycles. The minimum Gasteiger partial charge on any atom is -0.324 e. The molecule has 3 rings (SSSR count). The fourth-order valence-corrected chi connectivity index (χ4v) is 3.76. The van der Waals surface area contributed by atoms with Crippen LogP contribution in [0.5, 0.6) is 0 Å². The van der Waals surface area contributed by atoms with Crippen LogP contribution < -0.4 is 5.32 Å². The van der Waals surface area contributed by atoms with Crippen LogP contribution in [0.25, 0.3) is 0 Å². The van der Waals surface area contributed by atoms with Crippen molar-refractivity contribution in [2.45, 2.75) is 44.6 Å². The highest BCUT2D eigenvalue weighted by Gasteiger charge is 2.27. The van der Waals surface area contributed by atoms with Gasteiger partial charge in [-0.25, -0.2) is 4.79 Å². The van der Waals surface area contributed by atoms with Crippen LogP contribution in [0.3, 0.4) is 0 Å². The summed E-state index contributed by atoms with van der Waals surface area (Å²) >= 11 is 5.87. The summed E-state index contributed by atoms with van der Waals surface area (Å²) in [6, 6.07) is 7.93. The number of amides is 2. The zero-order valence-corrected chi connectivity index (χ0v) is 14.4. The molecule has 0 atom stereocenters. The topological polar surface area (TPSA) is 35.6 Å². The van der Waals surface area contributed by atoms with Gasteiger partial charge >= 0.3 is 6.03 Å². The lowest BCUT2D eigenvalue weighted by Gasteiger charge is -2.38. The third-order valence-electron chi connectivity index (χ3n) is 5.00. The lowest BCUT2D eigenvalue weighted by atomic mass is 10.0. The normalized spacial score (nSPS) is 21.0. The van der Waals surface area contributed by atoms with Gasteiger partial charge in [0.25, 0.3) is 0 Å².